The van der Waals surface area contributed by atoms with E-state index in [0.29, 0.717) is 12.0 Å². The number of β-amino-alcohol motifs (C(OH)–C–C–N with tert-alkyl or cyclic N) is 1. The normalized spacial score (nSPS) is 20.0. The lowest BCUT2D eigenvalue weighted by Crippen LogP contribution is -2.35. The van der Waals surface area contributed by atoms with E-state index in [0.717, 1.165) is 36.7 Å². The van der Waals surface area contributed by atoms with Crippen molar-refractivity contribution in [3.63, 3.8) is 0 Å². The average molecular weight is 294 g/mol. The molecule has 0 spiro atoms. The minimum absolute atomic E-state index is 0.396. The van der Waals surface area contributed by atoms with Crippen LogP contribution in [0.15, 0.2) is 0 Å². The third-order valence-corrected chi connectivity index (χ3v) is 5.31. The zero-order valence-corrected chi connectivity index (χ0v) is 13.9. The fourth-order valence-corrected chi connectivity index (χ4v) is 3.45. The predicted octanol–water partition coefficient (Wildman–Crippen LogP) is 1.96. The molecule has 1 saturated heterocycles. The lowest BCUT2D eigenvalue weighted by molar-refractivity contribution is 0.0979. The van der Waals surface area contributed by atoms with Crippen LogP contribution in [0, 0.1) is 19.3 Å². The monoisotopic (exact) mass is 294 g/mol. The standard InChI is InChI=1S/C16H30N4O/c1-5-16(6-2)7-8-19(11-16)9-14(21)10-20-13(4)15(17)12(3)18-20/h14,21H,5-11,17H2,1-4H3. The van der Waals surface area contributed by atoms with Crippen LogP contribution in [0.25, 0.3) is 0 Å². The van der Waals surface area contributed by atoms with E-state index in [1.165, 1.54) is 19.3 Å². The van der Waals surface area contributed by atoms with Crippen molar-refractivity contribution in [2.24, 2.45) is 5.41 Å². The molecule has 2 rings (SSSR count). The zero-order valence-electron chi connectivity index (χ0n) is 13.9. The number of nitrogens with zero attached hydrogens (tertiary/aromatic N) is 3. The van der Waals surface area contributed by atoms with Crippen molar-refractivity contribution in [3.05, 3.63) is 11.4 Å². The van der Waals surface area contributed by atoms with E-state index in [9.17, 15) is 5.11 Å². The zero-order chi connectivity index (χ0) is 15.6. The predicted molar refractivity (Wildman–Crippen MR) is 86.2 cm³/mol. The Balaban J connectivity index is 1.91. The number of likely N-dealkylation sites (tertiary alicyclic amines) is 1. The van der Waals surface area contributed by atoms with Crippen LogP contribution in [-0.4, -0.2) is 45.5 Å². The van der Waals surface area contributed by atoms with Gasteiger partial charge in [0.25, 0.3) is 0 Å². The van der Waals surface area contributed by atoms with Crippen LogP contribution in [0.1, 0.15) is 44.5 Å². The van der Waals surface area contributed by atoms with Crippen LogP contribution >= 0.6 is 0 Å². The van der Waals surface area contributed by atoms with E-state index in [-0.39, 0.29) is 0 Å². The number of aliphatic hydroxyl groups is 1. The highest BCUT2D eigenvalue weighted by atomic mass is 16.3. The Morgan fingerprint density at radius 3 is 2.43 bits per heavy atom. The van der Waals surface area contributed by atoms with Crippen LogP contribution in [0.3, 0.4) is 0 Å². The van der Waals surface area contributed by atoms with Gasteiger partial charge in [-0.3, -0.25) is 4.68 Å². The Morgan fingerprint density at radius 1 is 1.29 bits per heavy atom. The molecule has 1 aliphatic rings. The number of hydrogen-bond acceptors (Lipinski definition) is 4. The summed E-state index contributed by atoms with van der Waals surface area (Å²) < 4.78 is 1.83. The van der Waals surface area contributed by atoms with E-state index >= 15 is 0 Å². The highest BCUT2D eigenvalue weighted by Crippen LogP contribution is 2.36. The van der Waals surface area contributed by atoms with Gasteiger partial charge in [-0.05, 0) is 45.1 Å². The number of nitrogen functional groups attached to an aromatic ring is 1. The minimum Gasteiger partial charge on any atom is -0.396 e. The molecule has 2 heterocycles. The Morgan fingerprint density at radius 2 is 1.95 bits per heavy atom. The maximum atomic E-state index is 10.4. The molecule has 3 N–H and O–H groups in total. The number of rotatable bonds is 6. The van der Waals surface area contributed by atoms with Crippen molar-refractivity contribution in [1.29, 1.82) is 0 Å². The largest absolute Gasteiger partial charge is 0.396 e. The van der Waals surface area contributed by atoms with Gasteiger partial charge in [0.15, 0.2) is 0 Å². The second kappa shape index (κ2) is 6.36. The van der Waals surface area contributed by atoms with Crippen LogP contribution in [0.4, 0.5) is 5.69 Å². The van der Waals surface area contributed by atoms with Gasteiger partial charge in [-0.2, -0.15) is 5.10 Å². The van der Waals surface area contributed by atoms with Crippen molar-refractivity contribution < 1.29 is 5.11 Å². The second-order valence-corrected chi connectivity index (χ2v) is 6.61. The quantitative estimate of drug-likeness (QED) is 0.841. The second-order valence-electron chi connectivity index (χ2n) is 6.61. The van der Waals surface area contributed by atoms with Crippen molar-refractivity contribution in [2.45, 2.75) is 59.6 Å². The highest BCUT2D eigenvalue weighted by molar-refractivity contribution is 5.46. The van der Waals surface area contributed by atoms with Crippen LogP contribution in [-0.2, 0) is 6.54 Å². The Bertz CT molecular complexity index is 479. The number of anilines is 1. The molecule has 0 aromatic carbocycles. The fourth-order valence-electron chi connectivity index (χ4n) is 3.45. The molecule has 120 valence electrons. The van der Waals surface area contributed by atoms with Crippen molar-refractivity contribution >= 4 is 5.69 Å². The maximum absolute atomic E-state index is 10.4. The van der Waals surface area contributed by atoms with Crippen LogP contribution in [0.2, 0.25) is 0 Å². The highest BCUT2D eigenvalue weighted by Gasteiger charge is 2.35. The fraction of sp³-hybridized carbons (Fsp3) is 0.812. The SMILES string of the molecule is CCC1(CC)CCN(CC(O)Cn2nc(C)c(N)c2C)C1. The minimum atomic E-state index is -0.396. The molecule has 1 unspecified atom stereocenters. The number of aryl methyl sites for hydroxylation is 1. The first-order chi connectivity index (χ1) is 9.90. The van der Waals surface area contributed by atoms with Crippen molar-refractivity contribution in [1.82, 2.24) is 14.7 Å². The van der Waals surface area contributed by atoms with Gasteiger partial charge in [-0.15, -0.1) is 0 Å². The molecule has 5 nitrogen and oxygen atoms in total. The maximum Gasteiger partial charge on any atom is 0.0862 e. The summed E-state index contributed by atoms with van der Waals surface area (Å²) in [4.78, 5) is 2.40. The topological polar surface area (TPSA) is 67.3 Å². The number of nitrogens with two attached hydrogens (primary N) is 1. The Kier molecular flexibility index (Phi) is 4.94. The number of aliphatic hydroxyl groups excluding tert-OH is 1. The van der Waals surface area contributed by atoms with Crippen LogP contribution < -0.4 is 5.73 Å². The summed E-state index contributed by atoms with van der Waals surface area (Å²) in [6.07, 6.45) is 3.31. The van der Waals surface area contributed by atoms with Gasteiger partial charge in [-0.1, -0.05) is 13.8 Å². The molecule has 1 aromatic rings. The lowest BCUT2D eigenvalue weighted by Gasteiger charge is -2.27. The summed E-state index contributed by atoms with van der Waals surface area (Å²) in [5.74, 6) is 0. The molecular formula is C16H30N4O. The smallest absolute Gasteiger partial charge is 0.0862 e. The Labute approximate surface area is 128 Å². The van der Waals surface area contributed by atoms with Gasteiger partial charge in [0.2, 0.25) is 0 Å². The first kappa shape index (κ1) is 16.3. The molecule has 1 fully saturated rings. The van der Waals surface area contributed by atoms with Gasteiger partial charge in [0.05, 0.1) is 29.7 Å². The van der Waals surface area contributed by atoms with Gasteiger partial charge < -0.3 is 15.7 Å². The third kappa shape index (κ3) is 3.40. The summed E-state index contributed by atoms with van der Waals surface area (Å²) in [5, 5.41) is 14.8. The molecule has 0 saturated carbocycles. The van der Waals surface area contributed by atoms with E-state index in [2.05, 4.69) is 23.8 Å². The van der Waals surface area contributed by atoms with Crippen molar-refractivity contribution in [2.75, 3.05) is 25.4 Å². The first-order valence-electron chi connectivity index (χ1n) is 8.10. The van der Waals surface area contributed by atoms with Gasteiger partial charge in [0, 0.05) is 13.1 Å². The number of hydrogen-bond donors (Lipinski definition) is 2. The molecule has 0 radical (unpaired) electrons. The third-order valence-electron chi connectivity index (χ3n) is 5.31. The van der Waals surface area contributed by atoms with Gasteiger partial charge >= 0.3 is 0 Å². The van der Waals surface area contributed by atoms with E-state index < -0.39 is 6.10 Å². The molecule has 1 atom stereocenters. The molecule has 0 amide bonds. The van der Waals surface area contributed by atoms with Gasteiger partial charge in [0.1, 0.15) is 0 Å². The summed E-state index contributed by atoms with van der Waals surface area (Å²) >= 11 is 0. The summed E-state index contributed by atoms with van der Waals surface area (Å²) in [6, 6.07) is 0. The summed E-state index contributed by atoms with van der Waals surface area (Å²) in [6.45, 7) is 11.9. The first-order valence-corrected chi connectivity index (χ1v) is 8.10. The molecule has 1 aliphatic heterocycles. The van der Waals surface area contributed by atoms with Gasteiger partial charge in [-0.25, -0.2) is 0 Å². The van der Waals surface area contributed by atoms with Crippen LogP contribution in [0.5, 0.6) is 0 Å². The van der Waals surface area contributed by atoms with Crippen molar-refractivity contribution in [3.8, 4) is 0 Å². The average Bonchev–Trinajstić information content (AvgIpc) is 2.97. The van der Waals surface area contributed by atoms with E-state index in [1.807, 2.05) is 18.5 Å². The molecule has 0 bridgehead atoms. The molecular weight excluding hydrogens is 264 g/mol. The molecule has 5 heteroatoms. The molecule has 1 aromatic heterocycles. The summed E-state index contributed by atoms with van der Waals surface area (Å²) in [7, 11) is 0. The Hall–Kier alpha value is -1.07. The number of aromatic nitrogens is 2. The lowest BCUT2D eigenvalue weighted by atomic mass is 9.82. The summed E-state index contributed by atoms with van der Waals surface area (Å²) in [5.41, 5.74) is 8.93. The molecule has 0 aliphatic carbocycles. The van der Waals surface area contributed by atoms with E-state index in [4.69, 9.17) is 5.73 Å². The van der Waals surface area contributed by atoms with E-state index in [1.54, 1.807) is 0 Å². The molecule has 21 heavy (non-hydrogen) atoms.